The molecule has 9 nitrogen and oxygen atoms in total. The van der Waals surface area contributed by atoms with E-state index in [1.54, 1.807) is 49.4 Å². The minimum absolute atomic E-state index is 0.108. The topological polar surface area (TPSA) is 114 Å². The Morgan fingerprint density at radius 1 is 1.03 bits per heavy atom. The summed E-state index contributed by atoms with van der Waals surface area (Å²) in [5.74, 6) is 0.0779. The monoisotopic (exact) mass is 467 g/mol. The molecule has 1 fully saturated rings. The first kappa shape index (κ1) is 24.8. The number of ketones is 1. The van der Waals surface area contributed by atoms with E-state index in [1.807, 2.05) is 13.8 Å². The standard InChI is InChI=1S/C25H29N3O6/c1-15(2)12-22(30)26-18-9-6-16(7-10-18)19(29)14-28-23(31)25(3,27-24(28)32)17-8-11-20(33-4)21(13-17)34-5/h6-11,13,15H,12,14H2,1-5H3,(H,26,30)(H,27,32)/t25-/m1/s1. The van der Waals surface area contributed by atoms with Gasteiger partial charge in [0.2, 0.25) is 5.91 Å². The van der Waals surface area contributed by atoms with E-state index in [0.717, 1.165) is 4.90 Å². The van der Waals surface area contributed by atoms with Gasteiger partial charge in [-0.2, -0.15) is 0 Å². The highest BCUT2D eigenvalue weighted by Gasteiger charge is 2.49. The number of nitrogens with zero attached hydrogens (tertiary/aromatic N) is 1. The molecule has 1 saturated heterocycles. The maximum Gasteiger partial charge on any atom is 0.325 e. The number of carbonyl (C=O) groups is 4. The number of nitrogens with one attached hydrogen (secondary N) is 2. The van der Waals surface area contributed by atoms with E-state index in [0.29, 0.717) is 34.7 Å². The van der Waals surface area contributed by atoms with Crippen molar-refractivity contribution in [2.45, 2.75) is 32.7 Å². The molecule has 2 N–H and O–H groups in total. The summed E-state index contributed by atoms with van der Waals surface area (Å²) in [6.45, 7) is 5.07. The van der Waals surface area contributed by atoms with Crippen molar-refractivity contribution in [1.82, 2.24) is 10.2 Å². The maximum absolute atomic E-state index is 13.2. The summed E-state index contributed by atoms with van der Waals surface area (Å²) >= 11 is 0. The van der Waals surface area contributed by atoms with Crippen molar-refractivity contribution in [1.29, 1.82) is 0 Å². The second-order valence-electron chi connectivity index (χ2n) is 8.66. The predicted octanol–water partition coefficient (Wildman–Crippen LogP) is 3.34. The van der Waals surface area contributed by atoms with E-state index in [-0.39, 0.29) is 11.8 Å². The molecular weight excluding hydrogens is 438 g/mol. The molecule has 2 aromatic carbocycles. The molecule has 4 amide bonds. The van der Waals surface area contributed by atoms with E-state index in [4.69, 9.17) is 9.47 Å². The first-order chi connectivity index (χ1) is 16.1. The van der Waals surface area contributed by atoms with Gasteiger partial charge in [0.05, 0.1) is 20.8 Å². The number of Topliss-reactive ketones (excluding diaryl/α,β-unsaturated/α-hetero) is 1. The lowest BCUT2D eigenvalue weighted by molar-refractivity contribution is -0.130. The van der Waals surface area contributed by atoms with Crippen LogP contribution in [-0.2, 0) is 15.1 Å². The summed E-state index contributed by atoms with van der Waals surface area (Å²) in [5, 5.41) is 5.45. The summed E-state index contributed by atoms with van der Waals surface area (Å²) in [4.78, 5) is 51.4. The third-order valence-corrected chi connectivity index (χ3v) is 5.62. The lowest BCUT2D eigenvalue weighted by atomic mass is 9.91. The Kier molecular flexibility index (Phi) is 7.24. The fourth-order valence-electron chi connectivity index (χ4n) is 3.74. The summed E-state index contributed by atoms with van der Waals surface area (Å²) in [7, 11) is 2.98. The van der Waals surface area contributed by atoms with Crippen LogP contribution in [0.2, 0.25) is 0 Å². The first-order valence-corrected chi connectivity index (χ1v) is 10.9. The molecule has 1 aliphatic rings. The molecule has 1 atom stereocenters. The number of hydrogen-bond donors (Lipinski definition) is 2. The van der Waals surface area contributed by atoms with Crippen LogP contribution in [0.15, 0.2) is 42.5 Å². The van der Waals surface area contributed by atoms with Crippen LogP contribution in [0.25, 0.3) is 0 Å². The van der Waals surface area contributed by atoms with Gasteiger partial charge in [-0.25, -0.2) is 4.79 Å². The Hall–Kier alpha value is -3.88. The van der Waals surface area contributed by atoms with Crippen LogP contribution in [0.5, 0.6) is 11.5 Å². The zero-order valence-corrected chi connectivity index (χ0v) is 19.9. The SMILES string of the molecule is COc1ccc([C@@]2(C)NC(=O)N(CC(=O)c3ccc(NC(=O)CC(C)C)cc3)C2=O)cc1OC. The summed E-state index contributed by atoms with van der Waals surface area (Å²) in [5.41, 5.74) is 0.0295. The molecule has 1 heterocycles. The van der Waals surface area contributed by atoms with Gasteiger partial charge >= 0.3 is 6.03 Å². The molecule has 0 aliphatic carbocycles. The lowest BCUT2D eigenvalue weighted by Crippen LogP contribution is -2.41. The van der Waals surface area contributed by atoms with Crippen LogP contribution in [0.3, 0.4) is 0 Å². The van der Waals surface area contributed by atoms with Crippen LogP contribution in [-0.4, -0.2) is 49.3 Å². The van der Waals surface area contributed by atoms with Crippen molar-refractivity contribution in [2.24, 2.45) is 5.92 Å². The number of benzene rings is 2. The molecule has 0 radical (unpaired) electrons. The summed E-state index contributed by atoms with van der Waals surface area (Å²) in [6.07, 6.45) is 0.395. The molecular formula is C25H29N3O6. The second kappa shape index (κ2) is 9.94. The highest BCUT2D eigenvalue weighted by molar-refractivity contribution is 6.11. The van der Waals surface area contributed by atoms with Gasteiger partial charge in [0.25, 0.3) is 5.91 Å². The van der Waals surface area contributed by atoms with E-state index >= 15 is 0 Å². The third-order valence-electron chi connectivity index (χ3n) is 5.62. The molecule has 0 unspecified atom stereocenters. The second-order valence-corrected chi connectivity index (χ2v) is 8.66. The van der Waals surface area contributed by atoms with Gasteiger partial charge in [-0.05, 0) is 54.8 Å². The lowest BCUT2D eigenvalue weighted by Gasteiger charge is -2.23. The summed E-state index contributed by atoms with van der Waals surface area (Å²) in [6, 6.07) is 10.6. The van der Waals surface area contributed by atoms with E-state index in [9.17, 15) is 19.2 Å². The minimum atomic E-state index is -1.36. The van der Waals surface area contributed by atoms with Crippen LogP contribution in [0.4, 0.5) is 10.5 Å². The molecule has 3 rings (SSSR count). The molecule has 0 saturated carbocycles. The molecule has 0 aromatic heterocycles. The predicted molar refractivity (Wildman–Crippen MR) is 126 cm³/mol. The molecule has 180 valence electrons. The normalized spacial score (nSPS) is 17.5. The number of urea groups is 1. The Morgan fingerprint density at radius 2 is 1.68 bits per heavy atom. The van der Waals surface area contributed by atoms with E-state index in [2.05, 4.69) is 10.6 Å². The summed E-state index contributed by atoms with van der Waals surface area (Å²) < 4.78 is 10.5. The Balaban J connectivity index is 1.73. The van der Waals surface area contributed by atoms with Crippen LogP contribution in [0.1, 0.15) is 43.1 Å². The average Bonchev–Trinajstić information content (AvgIpc) is 3.02. The highest BCUT2D eigenvalue weighted by Crippen LogP contribution is 2.35. The van der Waals surface area contributed by atoms with Gasteiger partial charge in [-0.15, -0.1) is 0 Å². The highest BCUT2D eigenvalue weighted by atomic mass is 16.5. The fourth-order valence-corrected chi connectivity index (χ4v) is 3.74. The van der Waals surface area contributed by atoms with Crippen molar-refractivity contribution in [3.05, 3.63) is 53.6 Å². The Labute approximate surface area is 198 Å². The van der Waals surface area contributed by atoms with Crippen molar-refractivity contribution in [3.8, 4) is 11.5 Å². The number of amides is 4. The van der Waals surface area contributed by atoms with Gasteiger partial charge in [-0.1, -0.05) is 19.9 Å². The first-order valence-electron chi connectivity index (χ1n) is 10.9. The number of imide groups is 1. The van der Waals surface area contributed by atoms with Gasteiger partial charge in [-0.3, -0.25) is 19.3 Å². The molecule has 2 aromatic rings. The number of ether oxygens (including phenoxy) is 2. The van der Waals surface area contributed by atoms with E-state index < -0.39 is 29.8 Å². The van der Waals surface area contributed by atoms with Gasteiger partial charge in [0.15, 0.2) is 17.3 Å². The smallest absolute Gasteiger partial charge is 0.325 e. The third kappa shape index (κ3) is 5.03. The fraction of sp³-hybridized carbons (Fsp3) is 0.360. The maximum atomic E-state index is 13.2. The molecule has 0 bridgehead atoms. The van der Waals surface area contributed by atoms with Gasteiger partial charge < -0.3 is 20.1 Å². The average molecular weight is 468 g/mol. The molecule has 9 heteroatoms. The van der Waals surface area contributed by atoms with Crippen molar-refractivity contribution < 1.29 is 28.7 Å². The van der Waals surface area contributed by atoms with Crippen LogP contribution < -0.4 is 20.1 Å². The van der Waals surface area contributed by atoms with Crippen molar-refractivity contribution in [3.63, 3.8) is 0 Å². The quantitative estimate of drug-likeness (QED) is 0.432. The number of anilines is 1. The van der Waals surface area contributed by atoms with Crippen molar-refractivity contribution in [2.75, 3.05) is 26.1 Å². The van der Waals surface area contributed by atoms with Crippen molar-refractivity contribution >= 4 is 29.3 Å². The zero-order valence-electron chi connectivity index (χ0n) is 19.9. The number of methoxy groups -OCH3 is 2. The molecule has 1 aliphatic heterocycles. The largest absolute Gasteiger partial charge is 0.493 e. The zero-order chi connectivity index (χ0) is 25.0. The van der Waals surface area contributed by atoms with Gasteiger partial charge in [0.1, 0.15) is 5.54 Å². The van der Waals surface area contributed by atoms with Crippen LogP contribution >= 0.6 is 0 Å². The van der Waals surface area contributed by atoms with Crippen LogP contribution in [0, 0.1) is 5.92 Å². The number of rotatable bonds is 9. The minimum Gasteiger partial charge on any atom is -0.493 e. The molecule has 0 spiro atoms. The number of carbonyl (C=O) groups excluding carboxylic acids is 4. The molecule has 34 heavy (non-hydrogen) atoms. The number of hydrogen-bond acceptors (Lipinski definition) is 6. The Morgan fingerprint density at radius 3 is 2.26 bits per heavy atom. The van der Waals surface area contributed by atoms with E-state index in [1.165, 1.54) is 14.2 Å². The van der Waals surface area contributed by atoms with Gasteiger partial charge in [0, 0.05) is 17.7 Å². The Bertz CT molecular complexity index is 1110.